The fraction of sp³-hybridized carbons (Fsp3) is 0.350. The van der Waals surface area contributed by atoms with Gasteiger partial charge in [0.15, 0.2) is 6.29 Å². The zero-order valence-electron chi connectivity index (χ0n) is 14.9. The van der Waals surface area contributed by atoms with Crippen LogP contribution in [0.15, 0.2) is 57.2 Å². The Labute approximate surface area is 152 Å². The highest BCUT2D eigenvalue weighted by Crippen LogP contribution is 2.46. The molecule has 0 amide bonds. The van der Waals surface area contributed by atoms with Crippen molar-refractivity contribution in [1.29, 1.82) is 0 Å². The molecular formula is C20H22N2O2S. The quantitative estimate of drug-likeness (QED) is 0.871. The molecular weight excluding hydrogens is 332 g/mol. The van der Waals surface area contributed by atoms with E-state index < -0.39 is 5.91 Å². The highest BCUT2D eigenvalue weighted by atomic mass is 32.2. The average Bonchev–Trinajstić information content (AvgIpc) is 2.80. The zero-order chi connectivity index (χ0) is 17.8. The third kappa shape index (κ3) is 2.86. The van der Waals surface area contributed by atoms with Gasteiger partial charge in [-0.1, -0.05) is 44.7 Å². The first-order valence-electron chi connectivity index (χ1n) is 8.41. The fourth-order valence-electron chi connectivity index (χ4n) is 3.15. The number of rotatable bonds is 2. The maximum Gasteiger partial charge on any atom is 0.304 e. The smallest absolute Gasteiger partial charge is 0.304 e. The normalized spacial score (nSPS) is 24.8. The van der Waals surface area contributed by atoms with E-state index in [4.69, 9.17) is 15.2 Å². The molecule has 0 radical (unpaired) electrons. The van der Waals surface area contributed by atoms with E-state index in [9.17, 15) is 0 Å². The second-order valence-corrected chi connectivity index (χ2v) is 8.61. The van der Waals surface area contributed by atoms with Crippen molar-refractivity contribution in [2.75, 3.05) is 0 Å². The van der Waals surface area contributed by atoms with Crippen molar-refractivity contribution in [3.8, 4) is 0 Å². The molecule has 4 nitrogen and oxygen atoms in total. The Balaban J connectivity index is 1.57. The lowest BCUT2D eigenvalue weighted by Gasteiger charge is -2.41. The van der Waals surface area contributed by atoms with Crippen molar-refractivity contribution in [3.05, 3.63) is 59.2 Å². The molecule has 4 rings (SSSR count). The lowest BCUT2D eigenvalue weighted by Crippen LogP contribution is -2.47. The SMILES string of the molecule is CC1OC2(N=C(N)c3cc(Sc4ccc(C(C)(C)C)cc4)ccc32)O1. The number of nitrogens with two attached hydrogens (primary N) is 1. The molecule has 1 saturated heterocycles. The van der Waals surface area contributed by atoms with E-state index in [2.05, 4.69) is 62.2 Å². The number of hydrogen-bond acceptors (Lipinski definition) is 5. The van der Waals surface area contributed by atoms with Gasteiger partial charge in [0.2, 0.25) is 0 Å². The van der Waals surface area contributed by atoms with E-state index >= 15 is 0 Å². The van der Waals surface area contributed by atoms with Crippen LogP contribution < -0.4 is 5.73 Å². The molecule has 2 aromatic carbocycles. The second kappa shape index (κ2) is 5.59. The number of hydrogen-bond donors (Lipinski definition) is 1. The summed E-state index contributed by atoms with van der Waals surface area (Å²) in [7, 11) is 0. The largest absolute Gasteiger partial charge is 0.383 e. The molecule has 25 heavy (non-hydrogen) atoms. The minimum atomic E-state index is -1.02. The molecule has 0 atom stereocenters. The number of fused-ring (bicyclic) bond motifs is 2. The van der Waals surface area contributed by atoms with Gasteiger partial charge in [-0.05, 0) is 48.2 Å². The monoisotopic (exact) mass is 354 g/mol. The molecule has 2 N–H and O–H groups in total. The van der Waals surface area contributed by atoms with Gasteiger partial charge in [0.1, 0.15) is 5.84 Å². The minimum absolute atomic E-state index is 0.163. The fourth-order valence-corrected chi connectivity index (χ4v) is 4.01. The van der Waals surface area contributed by atoms with Crippen molar-refractivity contribution < 1.29 is 9.47 Å². The molecule has 0 saturated carbocycles. The molecule has 1 fully saturated rings. The van der Waals surface area contributed by atoms with Crippen LogP contribution in [-0.4, -0.2) is 12.1 Å². The van der Waals surface area contributed by atoms with Crippen molar-refractivity contribution >= 4 is 17.6 Å². The molecule has 2 aromatic rings. The lowest BCUT2D eigenvalue weighted by molar-refractivity contribution is -0.451. The van der Waals surface area contributed by atoms with Gasteiger partial charge >= 0.3 is 5.91 Å². The van der Waals surface area contributed by atoms with Gasteiger partial charge < -0.3 is 5.73 Å². The molecule has 2 aliphatic rings. The van der Waals surface area contributed by atoms with Gasteiger partial charge in [0.05, 0.1) is 0 Å². The Morgan fingerprint density at radius 1 is 1.04 bits per heavy atom. The molecule has 5 heteroatoms. The maximum atomic E-state index is 6.09. The highest BCUT2D eigenvalue weighted by Gasteiger charge is 2.52. The van der Waals surface area contributed by atoms with Gasteiger partial charge in [-0.3, -0.25) is 9.47 Å². The molecule has 0 bridgehead atoms. The molecule has 2 aliphatic heterocycles. The van der Waals surface area contributed by atoms with E-state index in [-0.39, 0.29) is 11.7 Å². The Hall–Kier alpha value is -1.82. The predicted octanol–water partition coefficient (Wildman–Crippen LogP) is 4.36. The molecule has 0 aliphatic carbocycles. The minimum Gasteiger partial charge on any atom is -0.383 e. The number of amidine groups is 1. The van der Waals surface area contributed by atoms with E-state index in [1.54, 1.807) is 11.8 Å². The number of benzene rings is 2. The maximum absolute atomic E-state index is 6.09. The van der Waals surface area contributed by atoms with Crippen LogP contribution in [-0.2, 0) is 20.8 Å². The van der Waals surface area contributed by atoms with Gasteiger partial charge in [0, 0.05) is 20.9 Å². The zero-order valence-corrected chi connectivity index (χ0v) is 15.7. The van der Waals surface area contributed by atoms with Crippen molar-refractivity contribution in [2.45, 2.75) is 55.1 Å². The van der Waals surface area contributed by atoms with Crippen LogP contribution in [0, 0.1) is 0 Å². The van der Waals surface area contributed by atoms with E-state index in [1.807, 2.05) is 13.0 Å². The highest BCUT2D eigenvalue weighted by molar-refractivity contribution is 7.99. The summed E-state index contributed by atoms with van der Waals surface area (Å²) in [5.41, 5.74) is 9.36. The summed E-state index contributed by atoms with van der Waals surface area (Å²) in [4.78, 5) is 6.68. The average molecular weight is 354 g/mol. The van der Waals surface area contributed by atoms with Crippen molar-refractivity contribution in [3.63, 3.8) is 0 Å². The summed E-state index contributed by atoms with van der Waals surface area (Å²) in [5.74, 6) is -0.552. The molecule has 0 unspecified atom stereocenters. The van der Waals surface area contributed by atoms with Crippen LogP contribution in [0.2, 0.25) is 0 Å². The van der Waals surface area contributed by atoms with Crippen LogP contribution >= 0.6 is 11.8 Å². The standard InChI is InChI=1S/C20H22N2O2S/c1-12-23-20(24-12)17-10-9-15(11-16(17)18(21)22-20)25-14-7-5-13(6-8-14)19(2,3)4/h5-12H,1-4H3,(H2,21,22). The summed E-state index contributed by atoms with van der Waals surface area (Å²) >= 11 is 1.71. The summed E-state index contributed by atoms with van der Waals surface area (Å²) in [6.45, 7) is 8.51. The molecule has 1 spiro atoms. The Bertz CT molecular complexity index is 847. The first-order chi connectivity index (χ1) is 11.8. The second-order valence-electron chi connectivity index (χ2n) is 7.47. The van der Waals surface area contributed by atoms with Crippen LogP contribution in [0.25, 0.3) is 0 Å². The van der Waals surface area contributed by atoms with Crippen LogP contribution in [0.3, 0.4) is 0 Å². The number of ether oxygens (including phenoxy) is 2. The van der Waals surface area contributed by atoms with E-state index in [1.165, 1.54) is 10.5 Å². The van der Waals surface area contributed by atoms with Gasteiger partial charge in [-0.2, -0.15) is 0 Å². The molecule has 2 heterocycles. The summed E-state index contributed by atoms with van der Waals surface area (Å²) in [5, 5.41) is 0. The molecule has 130 valence electrons. The Kier molecular flexibility index (Phi) is 3.72. The first kappa shape index (κ1) is 16.6. The van der Waals surface area contributed by atoms with Crippen LogP contribution in [0.1, 0.15) is 44.4 Å². The summed E-state index contributed by atoms with van der Waals surface area (Å²) < 4.78 is 11.4. The van der Waals surface area contributed by atoms with E-state index in [0.717, 1.165) is 16.0 Å². The van der Waals surface area contributed by atoms with Gasteiger partial charge in [-0.15, -0.1) is 0 Å². The Morgan fingerprint density at radius 3 is 2.28 bits per heavy atom. The van der Waals surface area contributed by atoms with Crippen LogP contribution in [0.5, 0.6) is 0 Å². The number of nitrogens with zero attached hydrogens (tertiary/aromatic N) is 1. The summed E-state index contributed by atoms with van der Waals surface area (Å²) in [6.07, 6.45) is -0.252. The van der Waals surface area contributed by atoms with Crippen LogP contribution in [0.4, 0.5) is 0 Å². The Morgan fingerprint density at radius 2 is 1.68 bits per heavy atom. The molecule has 0 aromatic heterocycles. The van der Waals surface area contributed by atoms with E-state index in [0.29, 0.717) is 5.84 Å². The van der Waals surface area contributed by atoms with Crippen molar-refractivity contribution in [1.82, 2.24) is 0 Å². The number of aliphatic imine (C=N–C) groups is 1. The summed E-state index contributed by atoms with van der Waals surface area (Å²) in [6, 6.07) is 14.8. The lowest BCUT2D eigenvalue weighted by atomic mass is 9.87. The third-order valence-electron chi connectivity index (χ3n) is 4.48. The topological polar surface area (TPSA) is 56.8 Å². The van der Waals surface area contributed by atoms with Gasteiger partial charge in [0.25, 0.3) is 0 Å². The first-order valence-corrected chi connectivity index (χ1v) is 9.23. The third-order valence-corrected chi connectivity index (χ3v) is 5.48. The van der Waals surface area contributed by atoms with Crippen molar-refractivity contribution in [2.24, 2.45) is 10.7 Å². The van der Waals surface area contributed by atoms with Gasteiger partial charge in [-0.25, -0.2) is 4.99 Å². The predicted molar refractivity (Wildman–Crippen MR) is 99.7 cm³/mol.